The molecule has 0 aliphatic carbocycles. The molecular weight excluding hydrogens is 230 g/mol. The number of benzene rings is 2. The van der Waals surface area contributed by atoms with Gasteiger partial charge in [0.2, 0.25) is 0 Å². The quantitative estimate of drug-likeness (QED) is 0.624. The lowest BCUT2D eigenvalue weighted by molar-refractivity contribution is 0.797. The van der Waals surface area contributed by atoms with Crippen molar-refractivity contribution in [1.29, 1.82) is 0 Å². The standard InChI is InChI=1S/C18H17N/c1-2-19-14-16(17-10-6-7-11-18(17)19)13-12-15-8-4-3-5-9-15/h3-14H,2H2,1H3/b13-12+. The molecule has 0 aliphatic rings. The summed E-state index contributed by atoms with van der Waals surface area (Å²) in [5.74, 6) is 0. The molecule has 0 spiro atoms. The largest absolute Gasteiger partial charge is 0.347 e. The topological polar surface area (TPSA) is 4.93 Å². The van der Waals surface area contributed by atoms with Crippen LogP contribution in [-0.4, -0.2) is 4.57 Å². The Hall–Kier alpha value is -2.28. The van der Waals surface area contributed by atoms with E-state index < -0.39 is 0 Å². The number of fused-ring (bicyclic) bond motifs is 1. The van der Waals surface area contributed by atoms with E-state index in [4.69, 9.17) is 0 Å². The number of aromatic nitrogens is 1. The van der Waals surface area contributed by atoms with Gasteiger partial charge in [-0.15, -0.1) is 0 Å². The SMILES string of the molecule is CCn1cc(/C=C/c2ccccc2)c2ccccc21. The first kappa shape index (κ1) is 11.8. The summed E-state index contributed by atoms with van der Waals surface area (Å²) in [6.07, 6.45) is 6.59. The second kappa shape index (κ2) is 5.15. The molecule has 0 saturated heterocycles. The van der Waals surface area contributed by atoms with Crippen LogP contribution in [0.2, 0.25) is 0 Å². The summed E-state index contributed by atoms with van der Waals surface area (Å²) in [4.78, 5) is 0. The maximum Gasteiger partial charge on any atom is 0.0486 e. The van der Waals surface area contributed by atoms with Gasteiger partial charge >= 0.3 is 0 Å². The van der Waals surface area contributed by atoms with Crippen molar-refractivity contribution in [2.24, 2.45) is 0 Å². The smallest absolute Gasteiger partial charge is 0.0486 e. The van der Waals surface area contributed by atoms with Gasteiger partial charge in [0.1, 0.15) is 0 Å². The highest BCUT2D eigenvalue weighted by Gasteiger charge is 2.03. The van der Waals surface area contributed by atoms with Crippen LogP contribution < -0.4 is 0 Å². The minimum absolute atomic E-state index is 1.000. The molecule has 0 radical (unpaired) electrons. The van der Waals surface area contributed by atoms with E-state index in [2.05, 4.69) is 78.4 Å². The molecule has 1 heterocycles. The molecule has 1 nitrogen and oxygen atoms in total. The lowest BCUT2D eigenvalue weighted by atomic mass is 10.1. The highest BCUT2D eigenvalue weighted by molar-refractivity contribution is 5.92. The van der Waals surface area contributed by atoms with Crippen LogP contribution in [0.3, 0.4) is 0 Å². The number of rotatable bonds is 3. The van der Waals surface area contributed by atoms with Gasteiger partial charge in [-0.05, 0) is 24.1 Å². The number of nitrogens with zero attached hydrogens (tertiary/aromatic N) is 1. The molecule has 19 heavy (non-hydrogen) atoms. The molecule has 1 heteroatoms. The van der Waals surface area contributed by atoms with Crippen LogP contribution >= 0.6 is 0 Å². The van der Waals surface area contributed by atoms with Crippen LogP contribution in [0, 0.1) is 0 Å². The summed E-state index contributed by atoms with van der Waals surface area (Å²) in [5.41, 5.74) is 3.81. The van der Waals surface area contributed by atoms with E-state index in [1.807, 2.05) is 6.07 Å². The lowest BCUT2D eigenvalue weighted by Crippen LogP contribution is -1.89. The maximum atomic E-state index is 2.29. The second-order valence-electron chi connectivity index (χ2n) is 4.63. The molecule has 0 aliphatic heterocycles. The van der Waals surface area contributed by atoms with Crippen molar-refractivity contribution < 1.29 is 0 Å². The van der Waals surface area contributed by atoms with Crippen molar-refractivity contribution in [1.82, 2.24) is 4.57 Å². The van der Waals surface area contributed by atoms with Gasteiger partial charge in [-0.2, -0.15) is 0 Å². The van der Waals surface area contributed by atoms with E-state index in [-0.39, 0.29) is 0 Å². The van der Waals surface area contributed by atoms with Crippen molar-refractivity contribution in [2.45, 2.75) is 13.5 Å². The van der Waals surface area contributed by atoms with Crippen LogP contribution in [0.15, 0.2) is 60.8 Å². The van der Waals surface area contributed by atoms with Crippen LogP contribution in [-0.2, 0) is 6.54 Å². The third kappa shape index (κ3) is 2.32. The predicted molar refractivity (Wildman–Crippen MR) is 83.0 cm³/mol. The Balaban J connectivity index is 2.04. The molecule has 0 amide bonds. The molecule has 0 saturated carbocycles. The monoisotopic (exact) mass is 247 g/mol. The van der Waals surface area contributed by atoms with Gasteiger partial charge in [-0.1, -0.05) is 60.7 Å². The Morgan fingerprint density at radius 1 is 0.895 bits per heavy atom. The first-order valence-corrected chi connectivity index (χ1v) is 6.69. The number of para-hydroxylation sites is 1. The average molecular weight is 247 g/mol. The maximum absolute atomic E-state index is 2.29. The Kier molecular flexibility index (Phi) is 3.20. The summed E-state index contributed by atoms with van der Waals surface area (Å²) in [6, 6.07) is 19.0. The Morgan fingerprint density at radius 2 is 1.63 bits per heavy atom. The van der Waals surface area contributed by atoms with Crippen LogP contribution in [0.1, 0.15) is 18.1 Å². The molecular formula is C18H17N. The summed E-state index contributed by atoms with van der Waals surface area (Å²) < 4.78 is 2.29. The Labute approximate surface area is 113 Å². The molecule has 94 valence electrons. The van der Waals surface area contributed by atoms with Crippen LogP contribution in [0.25, 0.3) is 23.1 Å². The summed E-state index contributed by atoms with van der Waals surface area (Å²) >= 11 is 0. The van der Waals surface area contributed by atoms with Crippen LogP contribution in [0.5, 0.6) is 0 Å². The number of hydrogen-bond donors (Lipinski definition) is 0. The molecule has 0 unspecified atom stereocenters. The molecule has 3 rings (SSSR count). The van der Waals surface area contributed by atoms with E-state index in [1.165, 1.54) is 22.0 Å². The summed E-state index contributed by atoms with van der Waals surface area (Å²) in [7, 11) is 0. The molecule has 0 atom stereocenters. The van der Waals surface area contributed by atoms with E-state index in [0.717, 1.165) is 6.54 Å². The third-order valence-corrected chi connectivity index (χ3v) is 3.42. The van der Waals surface area contributed by atoms with E-state index in [0.29, 0.717) is 0 Å². The molecule has 0 N–H and O–H groups in total. The zero-order chi connectivity index (χ0) is 13.1. The zero-order valence-corrected chi connectivity index (χ0v) is 11.1. The van der Waals surface area contributed by atoms with Crippen molar-refractivity contribution in [2.75, 3.05) is 0 Å². The Bertz CT molecular complexity index is 705. The fraction of sp³-hybridized carbons (Fsp3) is 0.111. The third-order valence-electron chi connectivity index (χ3n) is 3.42. The van der Waals surface area contributed by atoms with E-state index in [1.54, 1.807) is 0 Å². The minimum Gasteiger partial charge on any atom is -0.347 e. The van der Waals surface area contributed by atoms with Gasteiger partial charge in [0.15, 0.2) is 0 Å². The van der Waals surface area contributed by atoms with E-state index >= 15 is 0 Å². The van der Waals surface area contributed by atoms with Crippen molar-refractivity contribution >= 4 is 23.1 Å². The first-order chi connectivity index (χ1) is 9.38. The molecule has 0 bridgehead atoms. The minimum atomic E-state index is 1.000. The molecule has 0 fully saturated rings. The van der Waals surface area contributed by atoms with Gasteiger partial charge in [-0.3, -0.25) is 0 Å². The fourth-order valence-corrected chi connectivity index (χ4v) is 2.42. The van der Waals surface area contributed by atoms with Crippen molar-refractivity contribution in [3.05, 3.63) is 71.9 Å². The summed E-state index contributed by atoms with van der Waals surface area (Å²) in [6.45, 7) is 3.18. The lowest BCUT2D eigenvalue weighted by Gasteiger charge is -1.97. The van der Waals surface area contributed by atoms with Gasteiger partial charge in [-0.25, -0.2) is 0 Å². The van der Waals surface area contributed by atoms with Crippen LogP contribution in [0.4, 0.5) is 0 Å². The summed E-state index contributed by atoms with van der Waals surface area (Å²) in [5, 5.41) is 1.32. The first-order valence-electron chi connectivity index (χ1n) is 6.69. The highest BCUT2D eigenvalue weighted by Crippen LogP contribution is 2.23. The van der Waals surface area contributed by atoms with Gasteiger partial charge in [0.05, 0.1) is 0 Å². The second-order valence-corrected chi connectivity index (χ2v) is 4.63. The predicted octanol–water partition coefficient (Wildman–Crippen LogP) is 4.83. The highest BCUT2D eigenvalue weighted by atomic mass is 14.9. The Morgan fingerprint density at radius 3 is 2.42 bits per heavy atom. The molecule has 2 aromatic carbocycles. The zero-order valence-electron chi connectivity index (χ0n) is 11.1. The van der Waals surface area contributed by atoms with Crippen molar-refractivity contribution in [3.8, 4) is 0 Å². The van der Waals surface area contributed by atoms with Gasteiger partial charge in [0.25, 0.3) is 0 Å². The van der Waals surface area contributed by atoms with E-state index in [9.17, 15) is 0 Å². The normalized spacial score (nSPS) is 11.4. The average Bonchev–Trinajstić information content (AvgIpc) is 2.84. The number of hydrogen-bond acceptors (Lipinski definition) is 0. The molecule has 1 aromatic heterocycles. The fourth-order valence-electron chi connectivity index (χ4n) is 2.42. The van der Waals surface area contributed by atoms with Gasteiger partial charge < -0.3 is 4.57 Å². The van der Waals surface area contributed by atoms with Crippen molar-refractivity contribution in [3.63, 3.8) is 0 Å². The molecule has 3 aromatic rings. The van der Waals surface area contributed by atoms with Gasteiger partial charge in [0, 0.05) is 23.6 Å². The number of aryl methyl sites for hydroxylation is 1.